The highest BCUT2D eigenvalue weighted by molar-refractivity contribution is 5.77. The molecule has 0 aliphatic heterocycles. The highest BCUT2D eigenvalue weighted by Crippen LogP contribution is 2.16. The van der Waals surface area contributed by atoms with Crippen LogP contribution in [0, 0.1) is 12.7 Å². The SMILES string of the molecule is Cc1ccccc1OCC(=O)NCCn1nc(-c2ccc(F)cc2)ccc1=O. The van der Waals surface area contributed by atoms with Crippen LogP contribution in [0.25, 0.3) is 11.3 Å². The minimum absolute atomic E-state index is 0.108. The number of nitrogens with zero attached hydrogens (tertiary/aromatic N) is 2. The number of hydrogen-bond donors (Lipinski definition) is 1. The quantitative estimate of drug-likeness (QED) is 0.683. The molecule has 0 atom stereocenters. The molecular formula is C21H20FN3O3. The summed E-state index contributed by atoms with van der Waals surface area (Å²) in [7, 11) is 0. The first-order chi connectivity index (χ1) is 13.5. The van der Waals surface area contributed by atoms with Gasteiger partial charge in [-0.25, -0.2) is 9.07 Å². The molecule has 1 amide bonds. The number of hydrogen-bond acceptors (Lipinski definition) is 4. The predicted octanol–water partition coefficient (Wildman–Crippen LogP) is 2.55. The number of aromatic nitrogens is 2. The number of amides is 1. The average molecular weight is 381 g/mol. The van der Waals surface area contributed by atoms with E-state index in [1.807, 2.05) is 25.1 Å². The first-order valence-corrected chi connectivity index (χ1v) is 8.82. The Morgan fingerprint density at radius 1 is 1.11 bits per heavy atom. The molecule has 6 nitrogen and oxygen atoms in total. The Bertz CT molecular complexity index is 1020. The third kappa shape index (κ3) is 5.03. The molecule has 1 heterocycles. The lowest BCUT2D eigenvalue weighted by atomic mass is 10.1. The van der Waals surface area contributed by atoms with E-state index in [2.05, 4.69) is 10.4 Å². The highest BCUT2D eigenvalue weighted by Gasteiger charge is 2.06. The van der Waals surface area contributed by atoms with Crippen LogP contribution in [0.4, 0.5) is 4.39 Å². The molecule has 28 heavy (non-hydrogen) atoms. The Labute approximate surface area is 161 Å². The van der Waals surface area contributed by atoms with Crippen molar-refractivity contribution in [1.82, 2.24) is 15.1 Å². The number of aryl methyl sites for hydroxylation is 1. The van der Waals surface area contributed by atoms with Crippen LogP contribution in [0.15, 0.2) is 65.5 Å². The van der Waals surface area contributed by atoms with E-state index in [9.17, 15) is 14.0 Å². The van der Waals surface area contributed by atoms with Crippen LogP contribution in [-0.4, -0.2) is 28.8 Å². The number of nitrogens with one attached hydrogen (secondary N) is 1. The molecule has 0 unspecified atom stereocenters. The summed E-state index contributed by atoms with van der Waals surface area (Å²) in [6.07, 6.45) is 0. The van der Waals surface area contributed by atoms with Crippen LogP contribution in [-0.2, 0) is 11.3 Å². The number of carbonyl (C=O) groups is 1. The van der Waals surface area contributed by atoms with Gasteiger partial charge in [-0.1, -0.05) is 18.2 Å². The van der Waals surface area contributed by atoms with E-state index in [0.29, 0.717) is 17.0 Å². The van der Waals surface area contributed by atoms with E-state index in [0.717, 1.165) is 5.56 Å². The molecule has 0 radical (unpaired) electrons. The van der Waals surface area contributed by atoms with Crippen molar-refractivity contribution in [3.63, 3.8) is 0 Å². The maximum Gasteiger partial charge on any atom is 0.266 e. The Morgan fingerprint density at radius 2 is 1.86 bits per heavy atom. The van der Waals surface area contributed by atoms with E-state index in [-0.39, 0.29) is 37.0 Å². The maximum absolute atomic E-state index is 13.1. The summed E-state index contributed by atoms with van der Waals surface area (Å²) >= 11 is 0. The Kier molecular flexibility index (Phi) is 6.16. The molecule has 0 fully saturated rings. The number of para-hydroxylation sites is 1. The van der Waals surface area contributed by atoms with Crippen LogP contribution in [0.2, 0.25) is 0 Å². The molecule has 0 bridgehead atoms. The number of benzene rings is 2. The Morgan fingerprint density at radius 3 is 2.61 bits per heavy atom. The van der Waals surface area contributed by atoms with Crippen LogP contribution in [0.5, 0.6) is 5.75 Å². The first-order valence-electron chi connectivity index (χ1n) is 8.82. The largest absolute Gasteiger partial charge is 0.484 e. The van der Waals surface area contributed by atoms with Crippen molar-refractivity contribution in [2.24, 2.45) is 0 Å². The zero-order chi connectivity index (χ0) is 19.9. The van der Waals surface area contributed by atoms with Gasteiger partial charge in [0.15, 0.2) is 6.61 Å². The normalized spacial score (nSPS) is 10.5. The summed E-state index contributed by atoms with van der Waals surface area (Å²) in [6.45, 7) is 2.24. The number of ether oxygens (including phenoxy) is 1. The molecule has 0 saturated carbocycles. The van der Waals surface area contributed by atoms with Gasteiger partial charge < -0.3 is 10.1 Å². The highest BCUT2D eigenvalue weighted by atomic mass is 19.1. The smallest absolute Gasteiger partial charge is 0.266 e. The van der Waals surface area contributed by atoms with E-state index >= 15 is 0 Å². The fourth-order valence-electron chi connectivity index (χ4n) is 2.60. The number of rotatable bonds is 7. The fraction of sp³-hybridized carbons (Fsp3) is 0.190. The second kappa shape index (κ2) is 8.94. The lowest BCUT2D eigenvalue weighted by molar-refractivity contribution is -0.123. The number of halogens is 1. The molecule has 144 valence electrons. The van der Waals surface area contributed by atoms with Crippen LogP contribution in [0.1, 0.15) is 5.56 Å². The Balaban J connectivity index is 1.55. The molecule has 1 N–H and O–H groups in total. The maximum atomic E-state index is 13.1. The van der Waals surface area contributed by atoms with Gasteiger partial charge in [-0.05, 0) is 48.9 Å². The van der Waals surface area contributed by atoms with Gasteiger partial charge in [-0.2, -0.15) is 5.10 Å². The predicted molar refractivity (Wildman–Crippen MR) is 104 cm³/mol. The van der Waals surface area contributed by atoms with Crippen LogP contribution in [0.3, 0.4) is 0 Å². The first kappa shape index (κ1) is 19.3. The fourth-order valence-corrected chi connectivity index (χ4v) is 2.60. The van der Waals surface area contributed by atoms with Crippen molar-refractivity contribution in [1.29, 1.82) is 0 Å². The van der Waals surface area contributed by atoms with Gasteiger partial charge in [0.05, 0.1) is 12.2 Å². The summed E-state index contributed by atoms with van der Waals surface area (Å²) in [5, 5.41) is 6.97. The third-order valence-electron chi connectivity index (χ3n) is 4.10. The van der Waals surface area contributed by atoms with Crippen molar-refractivity contribution in [2.75, 3.05) is 13.2 Å². The molecular weight excluding hydrogens is 361 g/mol. The molecule has 0 spiro atoms. The lowest BCUT2D eigenvalue weighted by Crippen LogP contribution is -2.34. The van der Waals surface area contributed by atoms with Crippen LogP contribution < -0.4 is 15.6 Å². The van der Waals surface area contributed by atoms with Crippen molar-refractivity contribution < 1.29 is 13.9 Å². The van der Waals surface area contributed by atoms with E-state index in [4.69, 9.17) is 4.74 Å². The molecule has 3 rings (SSSR count). The van der Waals surface area contributed by atoms with Crippen molar-refractivity contribution >= 4 is 5.91 Å². The minimum Gasteiger partial charge on any atom is -0.484 e. The van der Waals surface area contributed by atoms with Gasteiger partial charge in [0.2, 0.25) is 0 Å². The number of carbonyl (C=O) groups excluding carboxylic acids is 1. The van der Waals surface area contributed by atoms with E-state index in [1.165, 1.54) is 22.9 Å². The van der Waals surface area contributed by atoms with Gasteiger partial charge >= 0.3 is 0 Å². The van der Waals surface area contributed by atoms with Gasteiger partial charge in [0.1, 0.15) is 11.6 Å². The summed E-state index contributed by atoms with van der Waals surface area (Å²) in [5.41, 5.74) is 1.92. The van der Waals surface area contributed by atoms with Gasteiger partial charge in [-0.15, -0.1) is 0 Å². The summed E-state index contributed by atoms with van der Waals surface area (Å²) in [4.78, 5) is 23.9. The van der Waals surface area contributed by atoms with Crippen molar-refractivity contribution in [3.05, 3.63) is 82.4 Å². The molecule has 1 aromatic heterocycles. The summed E-state index contributed by atoms with van der Waals surface area (Å²) in [5.74, 6) is 0.0289. The monoisotopic (exact) mass is 381 g/mol. The Hall–Kier alpha value is -3.48. The van der Waals surface area contributed by atoms with Gasteiger partial charge in [0.25, 0.3) is 11.5 Å². The van der Waals surface area contributed by atoms with Crippen LogP contribution >= 0.6 is 0 Å². The summed E-state index contributed by atoms with van der Waals surface area (Å²) in [6, 6.07) is 16.3. The molecule has 7 heteroatoms. The van der Waals surface area contributed by atoms with Crippen molar-refractivity contribution in [3.8, 4) is 17.0 Å². The molecule has 3 aromatic rings. The lowest BCUT2D eigenvalue weighted by Gasteiger charge is -2.10. The topological polar surface area (TPSA) is 73.2 Å². The molecule has 2 aromatic carbocycles. The van der Waals surface area contributed by atoms with Gasteiger partial charge in [0, 0.05) is 18.2 Å². The average Bonchev–Trinajstić information content (AvgIpc) is 2.69. The molecule has 0 saturated heterocycles. The standard InChI is InChI=1S/C21H20FN3O3/c1-15-4-2-3-5-19(15)28-14-20(26)23-12-13-25-21(27)11-10-18(24-25)16-6-8-17(22)9-7-16/h2-11H,12-14H2,1H3,(H,23,26). The second-order valence-corrected chi connectivity index (χ2v) is 6.19. The van der Waals surface area contributed by atoms with E-state index in [1.54, 1.807) is 24.3 Å². The van der Waals surface area contributed by atoms with Crippen molar-refractivity contribution in [2.45, 2.75) is 13.5 Å². The molecule has 0 aliphatic carbocycles. The third-order valence-corrected chi connectivity index (χ3v) is 4.10. The zero-order valence-corrected chi connectivity index (χ0v) is 15.4. The molecule has 0 aliphatic rings. The minimum atomic E-state index is -0.340. The van der Waals surface area contributed by atoms with Gasteiger partial charge in [-0.3, -0.25) is 9.59 Å². The second-order valence-electron chi connectivity index (χ2n) is 6.19. The van der Waals surface area contributed by atoms with E-state index < -0.39 is 0 Å². The zero-order valence-electron chi connectivity index (χ0n) is 15.4. The summed E-state index contributed by atoms with van der Waals surface area (Å²) < 4.78 is 19.8.